The first-order chi connectivity index (χ1) is 8.65. The Kier molecular flexibility index (Phi) is 5.04. The molecule has 1 heterocycles. The number of aliphatic carboxylic acids is 1. The molecule has 0 amide bonds. The van der Waals surface area contributed by atoms with Gasteiger partial charge in [-0.2, -0.15) is 0 Å². The van der Waals surface area contributed by atoms with Gasteiger partial charge in [0.15, 0.2) is 0 Å². The Morgan fingerprint density at radius 1 is 1.17 bits per heavy atom. The maximum Gasteiger partial charge on any atom is 0.304 e. The number of hydrogen-bond acceptors (Lipinski definition) is 2. The molecule has 1 aliphatic heterocycles. The number of carbonyl (C=O) groups is 1. The number of hydrogen-bond donors (Lipinski definition) is 1. The van der Waals surface area contributed by atoms with Crippen LogP contribution in [0.5, 0.6) is 0 Å². The molecule has 18 heavy (non-hydrogen) atoms. The van der Waals surface area contributed by atoms with Gasteiger partial charge in [0, 0.05) is 12.6 Å². The van der Waals surface area contributed by atoms with Crippen molar-refractivity contribution < 1.29 is 9.90 Å². The lowest BCUT2D eigenvalue weighted by atomic mass is 9.82. The summed E-state index contributed by atoms with van der Waals surface area (Å²) < 4.78 is 0. The quantitative estimate of drug-likeness (QED) is 0.836. The molecule has 1 aliphatic carbocycles. The second kappa shape index (κ2) is 6.55. The molecule has 0 aromatic heterocycles. The van der Waals surface area contributed by atoms with Crippen LogP contribution in [-0.4, -0.2) is 35.1 Å². The van der Waals surface area contributed by atoms with E-state index in [1.54, 1.807) is 0 Å². The first-order valence-corrected chi connectivity index (χ1v) is 7.61. The highest BCUT2D eigenvalue weighted by Gasteiger charge is 2.28. The number of likely N-dealkylation sites (tertiary alicyclic amines) is 1. The third kappa shape index (κ3) is 3.98. The molecule has 0 aromatic rings. The zero-order valence-electron chi connectivity index (χ0n) is 11.6. The van der Waals surface area contributed by atoms with Gasteiger partial charge in [0.25, 0.3) is 0 Å². The average molecular weight is 253 g/mol. The van der Waals surface area contributed by atoms with E-state index in [2.05, 4.69) is 11.8 Å². The number of nitrogens with zero attached hydrogens (tertiary/aromatic N) is 1. The van der Waals surface area contributed by atoms with Crippen molar-refractivity contribution in [2.45, 2.75) is 64.3 Å². The van der Waals surface area contributed by atoms with Gasteiger partial charge in [-0.3, -0.25) is 9.69 Å². The minimum absolute atomic E-state index is 0.301. The molecule has 0 bridgehead atoms. The molecular formula is C15H27NO2. The standard InChI is InChI=1S/C15H27NO2/c1-12-5-7-13(8-6-12)11-16-9-3-2-4-14(16)10-15(17)18/h12-14H,2-11H2,1H3,(H,17,18). The van der Waals surface area contributed by atoms with Gasteiger partial charge in [-0.05, 0) is 44.1 Å². The van der Waals surface area contributed by atoms with Crippen molar-refractivity contribution in [2.24, 2.45) is 11.8 Å². The lowest BCUT2D eigenvalue weighted by molar-refractivity contribution is -0.138. The van der Waals surface area contributed by atoms with Crippen LogP contribution in [0.4, 0.5) is 0 Å². The van der Waals surface area contributed by atoms with Gasteiger partial charge in [0.1, 0.15) is 0 Å². The fourth-order valence-electron chi connectivity index (χ4n) is 3.58. The lowest BCUT2D eigenvalue weighted by Crippen LogP contribution is -2.43. The maximum atomic E-state index is 10.9. The molecule has 1 unspecified atom stereocenters. The molecule has 1 saturated heterocycles. The lowest BCUT2D eigenvalue weighted by Gasteiger charge is -2.38. The van der Waals surface area contributed by atoms with Gasteiger partial charge in [-0.15, -0.1) is 0 Å². The fourth-order valence-corrected chi connectivity index (χ4v) is 3.58. The molecule has 0 aromatic carbocycles. The summed E-state index contributed by atoms with van der Waals surface area (Å²) in [5, 5.41) is 9.00. The topological polar surface area (TPSA) is 40.5 Å². The molecule has 3 heteroatoms. The monoisotopic (exact) mass is 253 g/mol. The SMILES string of the molecule is CC1CCC(CN2CCCCC2CC(=O)O)CC1. The molecule has 2 aliphatic rings. The molecule has 0 radical (unpaired) electrons. The van der Waals surface area contributed by atoms with Crippen molar-refractivity contribution in [3.8, 4) is 0 Å². The third-order valence-electron chi connectivity index (χ3n) is 4.79. The van der Waals surface area contributed by atoms with Crippen LogP contribution >= 0.6 is 0 Å². The van der Waals surface area contributed by atoms with Gasteiger partial charge in [-0.25, -0.2) is 0 Å². The summed E-state index contributed by atoms with van der Waals surface area (Å²) in [4.78, 5) is 13.4. The summed E-state index contributed by atoms with van der Waals surface area (Å²) in [5.74, 6) is 1.08. The Bertz CT molecular complexity index is 272. The van der Waals surface area contributed by atoms with Crippen molar-refractivity contribution in [3.63, 3.8) is 0 Å². The second-order valence-electron chi connectivity index (χ2n) is 6.37. The van der Waals surface area contributed by atoms with E-state index in [4.69, 9.17) is 5.11 Å². The van der Waals surface area contributed by atoms with Crippen LogP contribution in [0.3, 0.4) is 0 Å². The molecule has 1 N–H and O–H groups in total. The first-order valence-electron chi connectivity index (χ1n) is 7.61. The molecule has 3 nitrogen and oxygen atoms in total. The highest BCUT2D eigenvalue weighted by atomic mass is 16.4. The van der Waals surface area contributed by atoms with E-state index >= 15 is 0 Å². The highest BCUT2D eigenvalue weighted by molar-refractivity contribution is 5.67. The van der Waals surface area contributed by atoms with E-state index in [1.807, 2.05) is 0 Å². The van der Waals surface area contributed by atoms with Crippen LogP contribution in [0.15, 0.2) is 0 Å². The largest absolute Gasteiger partial charge is 0.481 e. The van der Waals surface area contributed by atoms with E-state index in [9.17, 15) is 4.79 Å². The highest BCUT2D eigenvalue weighted by Crippen LogP contribution is 2.30. The molecule has 0 spiro atoms. The summed E-state index contributed by atoms with van der Waals surface area (Å²) in [6, 6.07) is 0.301. The minimum Gasteiger partial charge on any atom is -0.481 e. The predicted molar refractivity (Wildman–Crippen MR) is 72.6 cm³/mol. The summed E-state index contributed by atoms with van der Waals surface area (Å²) in [6.45, 7) is 4.61. The molecule has 2 fully saturated rings. The Hall–Kier alpha value is -0.570. The van der Waals surface area contributed by atoms with Gasteiger partial charge in [0.05, 0.1) is 6.42 Å². The molecule has 2 rings (SSSR count). The summed E-state index contributed by atoms with van der Waals surface area (Å²) in [5.41, 5.74) is 0. The Morgan fingerprint density at radius 2 is 1.89 bits per heavy atom. The van der Waals surface area contributed by atoms with Crippen LogP contribution in [0.2, 0.25) is 0 Å². The smallest absolute Gasteiger partial charge is 0.304 e. The summed E-state index contributed by atoms with van der Waals surface area (Å²) >= 11 is 0. The van der Waals surface area contributed by atoms with Crippen molar-refractivity contribution in [2.75, 3.05) is 13.1 Å². The number of carboxylic acids is 1. The zero-order valence-corrected chi connectivity index (χ0v) is 11.6. The maximum absolute atomic E-state index is 10.9. The van der Waals surface area contributed by atoms with Gasteiger partial charge < -0.3 is 5.11 Å². The van der Waals surface area contributed by atoms with E-state index in [1.165, 1.54) is 38.5 Å². The van der Waals surface area contributed by atoms with Crippen LogP contribution in [0.1, 0.15) is 58.3 Å². The van der Waals surface area contributed by atoms with Crippen molar-refractivity contribution >= 4 is 5.97 Å². The van der Waals surface area contributed by atoms with Crippen LogP contribution in [-0.2, 0) is 4.79 Å². The zero-order chi connectivity index (χ0) is 13.0. The van der Waals surface area contributed by atoms with Crippen molar-refractivity contribution in [3.05, 3.63) is 0 Å². The Morgan fingerprint density at radius 3 is 2.56 bits per heavy atom. The number of carboxylic acid groups (broad SMARTS) is 1. The Labute approximate surface area is 111 Å². The second-order valence-corrected chi connectivity index (χ2v) is 6.37. The van der Waals surface area contributed by atoms with E-state index in [0.717, 1.165) is 31.3 Å². The number of rotatable bonds is 4. The number of piperidine rings is 1. The van der Waals surface area contributed by atoms with Crippen LogP contribution < -0.4 is 0 Å². The van der Waals surface area contributed by atoms with E-state index in [0.29, 0.717) is 12.5 Å². The van der Waals surface area contributed by atoms with Crippen molar-refractivity contribution in [1.29, 1.82) is 0 Å². The summed E-state index contributed by atoms with van der Waals surface area (Å²) in [6.07, 6.45) is 9.28. The van der Waals surface area contributed by atoms with E-state index < -0.39 is 5.97 Å². The molecule has 1 saturated carbocycles. The van der Waals surface area contributed by atoms with E-state index in [-0.39, 0.29) is 0 Å². The van der Waals surface area contributed by atoms with Gasteiger partial charge in [-0.1, -0.05) is 26.2 Å². The molecule has 104 valence electrons. The third-order valence-corrected chi connectivity index (χ3v) is 4.79. The fraction of sp³-hybridized carbons (Fsp3) is 0.933. The first kappa shape index (κ1) is 13.9. The van der Waals surface area contributed by atoms with Crippen molar-refractivity contribution in [1.82, 2.24) is 4.90 Å². The average Bonchev–Trinajstić information content (AvgIpc) is 2.34. The van der Waals surface area contributed by atoms with Gasteiger partial charge in [0.2, 0.25) is 0 Å². The molecule has 1 atom stereocenters. The predicted octanol–water partition coefficient (Wildman–Crippen LogP) is 3.14. The van der Waals surface area contributed by atoms with Gasteiger partial charge >= 0.3 is 5.97 Å². The molecular weight excluding hydrogens is 226 g/mol. The minimum atomic E-state index is -0.635. The normalized spacial score (nSPS) is 34.4. The van der Waals surface area contributed by atoms with Crippen LogP contribution in [0, 0.1) is 11.8 Å². The summed E-state index contributed by atoms with van der Waals surface area (Å²) in [7, 11) is 0. The van der Waals surface area contributed by atoms with Crippen LogP contribution in [0.25, 0.3) is 0 Å². The Balaban J connectivity index is 1.83.